The van der Waals surface area contributed by atoms with Crippen LogP contribution >= 0.6 is 0 Å². The molecule has 0 bridgehead atoms. The Labute approximate surface area is 104 Å². The summed E-state index contributed by atoms with van der Waals surface area (Å²) in [5, 5.41) is 0. The highest BCUT2D eigenvalue weighted by Crippen LogP contribution is 2.33. The standard InChI is InChI=1S/C15H23NO/c1-11-6-7-13(8-11)15(16)10-12-4-3-5-14(9-12)17-2/h3-5,9,11,13,15H,6-8,10,16H2,1-2H3. The molecule has 17 heavy (non-hydrogen) atoms. The van der Waals surface area contributed by atoms with Gasteiger partial charge in [-0.25, -0.2) is 0 Å². The second-order valence-corrected chi connectivity index (χ2v) is 5.40. The first-order chi connectivity index (χ1) is 8.19. The average molecular weight is 233 g/mol. The summed E-state index contributed by atoms with van der Waals surface area (Å²) in [6.45, 7) is 2.33. The molecule has 0 spiro atoms. The van der Waals surface area contributed by atoms with Gasteiger partial charge < -0.3 is 10.5 Å². The van der Waals surface area contributed by atoms with Gasteiger partial charge in [-0.3, -0.25) is 0 Å². The number of benzene rings is 1. The van der Waals surface area contributed by atoms with Gasteiger partial charge in [-0.05, 0) is 48.8 Å². The van der Waals surface area contributed by atoms with Crippen LogP contribution in [0.1, 0.15) is 31.7 Å². The number of ether oxygens (including phenoxy) is 1. The largest absolute Gasteiger partial charge is 0.497 e. The SMILES string of the molecule is COc1cccc(CC(N)C2CCC(C)C2)c1. The minimum atomic E-state index is 0.298. The highest BCUT2D eigenvalue weighted by atomic mass is 16.5. The van der Waals surface area contributed by atoms with E-state index < -0.39 is 0 Å². The Balaban J connectivity index is 1.95. The van der Waals surface area contributed by atoms with Crippen LogP contribution in [0.25, 0.3) is 0 Å². The Bertz CT molecular complexity index is 364. The van der Waals surface area contributed by atoms with E-state index in [-0.39, 0.29) is 0 Å². The predicted octanol–water partition coefficient (Wildman–Crippen LogP) is 3.00. The summed E-state index contributed by atoms with van der Waals surface area (Å²) >= 11 is 0. The molecule has 94 valence electrons. The molecule has 0 aromatic heterocycles. The molecule has 1 aliphatic carbocycles. The Morgan fingerprint density at radius 1 is 1.41 bits per heavy atom. The number of nitrogens with two attached hydrogens (primary N) is 1. The van der Waals surface area contributed by atoms with Gasteiger partial charge in [-0.2, -0.15) is 0 Å². The second kappa shape index (κ2) is 5.54. The van der Waals surface area contributed by atoms with Crippen LogP contribution in [0.4, 0.5) is 0 Å². The lowest BCUT2D eigenvalue weighted by Gasteiger charge is -2.19. The number of methoxy groups -OCH3 is 1. The molecule has 1 aromatic rings. The van der Waals surface area contributed by atoms with E-state index in [9.17, 15) is 0 Å². The molecule has 1 aromatic carbocycles. The minimum Gasteiger partial charge on any atom is -0.497 e. The van der Waals surface area contributed by atoms with E-state index in [1.807, 2.05) is 12.1 Å². The summed E-state index contributed by atoms with van der Waals surface area (Å²) in [5.41, 5.74) is 7.61. The summed E-state index contributed by atoms with van der Waals surface area (Å²) < 4.78 is 5.24. The fraction of sp³-hybridized carbons (Fsp3) is 0.600. The summed E-state index contributed by atoms with van der Waals surface area (Å²) in [6.07, 6.45) is 4.91. The van der Waals surface area contributed by atoms with E-state index in [0.29, 0.717) is 12.0 Å². The zero-order valence-corrected chi connectivity index (χ0v) is 10.9. The Hall–Kier alpha value is -1.02. The quantitative estimate of drug-likeness (QED) is 0.867. The van der Waals surface area contributed by atoms with Crippen molar-refractivity contribution in [3.63, 3.8) is 0 Å². The molecular weight excluding hydrogens is 210 g/mol. The molecule has 0 heterocycles. The molecule has 1 aliphatic rings. The maximum Gasteiger partial charge on any atom is 0.119 e. The summed E-state index contributed by atoms with van der Waals surface area (Å²) in [5.74, 6) is 2.49. The fourth-order valence-electron chi connectivity index (χ4n) is 2.88. The minimum absolute atomic E-state index is 0.298. The van der Waals surface area contributed by atoms with Gasteiger partial charge in [0, 0.05) is 6.04 Å². The van der Waals surface area contributed by atoms with Gasteiger partial charge >= 0.3 is 0 Å². The maximum atomic E-state index is 6.32. The van der Waals surface area contributed by atoms with Gasteiger partial charge in [0.1, 0.15) is 5.75 Å². The topological polar surface area (TPSA) is 35.2 Å². The van der Waals surface area contributed by atoms with Gasteiger partial charge in [-0.1, -0.05) is 25.5 Å². The molecule has 3 unspecified atom stereocenters. The molecular formula is C15H23NO. The Kier molecular flexibility index (Phi) is 4.06. The fourth-order valence-corrected chi connectivity index (χ4v) is 2.88. The predicted molar refractivity (Wildman–Crippen MR) is 71.2 cm³/mol. The highest BCUT2D eigenvalue weighted by Gasteiger charge is 2.26. The van der Waals surface area contributed by atoms with Gasteiger partial charge in [0.15, 0.2) is 0 Å². The van der Waals surface area contributed by atoms with Crippen molar-refractivity contribution in [2.24, 2.45) is 17.6 Å². The third-order valence-electron chi connectivity index (χ3n) is 3.95. The van der Waals surface area contributed by atoms with Crippen molar-refractivity contribution in [3.05, 3.63) is 29.8 Å². The second-order valence-electron chi connectivity index (χ2n) is 5.40. The molecule has 1 saturated carbocycles. The third-order valence-corrected chi connectivity index (χ3v) is 3.95. The number of hydrogen-bond donors (Lipinski definition) is 1. The summed E-state index contributed by atoms with van der Waals surface area (Å²) in [6, 6.07) is 8.55. The maximum absolute atomic E-state index is 6.32. The molecule has 2 rings (SSSR count). The van der Waals surface area contributed by atoms with Gasteiger partial charge in [0.05, 0.1) is 7.11 Å². The van der Waals surface area contributed by atoms with Crippen molar-refractivity contribution >= 4 is 0 Å². The molecule has 1 fully saturated rings. The third kappa shape index (κ3) is 3.22. The van der Waals surface area contributed by atoms with Crippen LogP contribution in [0, 0.1) is 11.8 Å². The van der Waals surface area contributed by atoms with Crippen LogP contribution in [0.5, 0.6) is 5.75 Å². The number of rotatable bonds is 4. The zero-order valence-electron chi connectivity index (χ0n) is 10.9. The van der Waals surface area contributed by atoms with Gasteiger partial charge in [-0.15, -0.1) is 0 Å². The van der Waals surface area contributed by atoms with Crippen molar-refractivity contribution in [1.82, 2.24) is 0 Å². The average Bonchev–Trinajstić information content (AvgIpc) is 2.76. The number of hydrogen-bond acceptors (Lipinski definition) is 2. The van der Waals surface area contributed by atoms with E-state index in [2.05, 4.69) is 19.1 Å². The summed E-state index contributed by atoms with van der Waals surface area (Å²) in [4.78, 5) is 0. The van der Waals surface area contributed by atoms with E-state index in [4.69, 9.17) is 10.5 Å². The molecule has 3 atom stereocenters. The molecule has 0 saturated heterocycles. The van der Waals surface area contributed by atoms with Crippen LogP contribution in [0.3, 0.4) is 0 Å². The van der Waals surface area contributed by atoms with Crippen LogP contribution in [0.15, 0.2) is 24.3 Å². The lowest BCUT2D eigenvalue weighted by atomic mass is 9.92. The van der Waals surface area contributed by atoms with Gasteiger partial charge in [0.2, 0.25) is 0 Å². The van der Waals surface area contributed by atoms with Crippen LogP contribution in [0.2, 0.25) is 0 Å². The first-order valence-corrected chi connectivity index (χ1v) is 6.57. The first-order valence-electron chi connectivity index (χ1n) is 6.57. The van der Waals surface area contributed by atoms with Crippen molar-refractivity contribution in [3.8, 4) is 5.75 Å². The van der Waals surface area contributed by atoms with Crippen molar-refractivity contribution in [2.75, 3.05) is 7.11 Å². The molecule has 2 N–H and O–H groups in total. The smallest absolute Gasteiger partial charge is 0.119 e. The molecule has 0 aliphatic heterocycles. The summed E-state index contributed by atoms with van der Waals surface area (Å²) in [7, 11) is 1.71. The monoisotopic (exact) mass is 233 g/mol. The highest BCUT2D eigenvalue weighted by molar-refractivity contribution is 5.29. The molecule has 2 heteroatoms. The zero-order chi connectivity index (χ0) is 12.3. The van der Waals surface area contributed by atoms with E-state index in [1.54, 1.807) is 7.11 Å². The molecule has 0 radical (unpaired) electrons. The Morgan fingerprint density at radius 2 is 2.24 bits per heavy atom. The van der Waals surface area contributed by atoms with Crippen molar-refractivity contribution in [2.45, 2.75) is 38.6 Å². The lowest BCUT2D eigenvalue weighted by molar-refractivity contribution is 0.407. The van der Waals surface area contributed by atoms with Crippen molar-refractivity contribution in [1.29, 1.82) is 0 Å². The normalized spacial score (nSPS) is 25.8. The first kappa shape index (κ1) is 12.4. The van der Waals surface area contributed by atoms with Crippen LogP contribution in [-0.4, -0.2) is 13.2 Å². The van der Waals surface area contributed by atoms with Crippen molar-refractivity contribution < 1.29 is 4.74 Å². The van der Waals surface area contributed by atoms with Gasteiger partial charge in [0.25, 0.3) is 0 Å². The Morgan fingerprint density at radius 3 is 2.88 bits per heavy atom. The van der Waals surface area contributed by atoms with E-state index in [0.717, 1.165) is 18.1 Å². The molecule has 2 nitrogen and oxygen atoms in total. The van der Waals surface area contributed by atoms with E-state index in [1.165, 1.54) is 24.8 Å². The molecule has 0 amide bonds. The van der Waals surface area contributed by atoms with Crippen LogP contribution < -0.4 is 10.5 Å². The van der Waals surface area contributed by atoms with E-state index >= 15 is 0 Å². The van der Waals surface area contributed by atoms with Crippen LogP contribution in [-0.2, 0) is 6.42 Å². The lowest BCUT2D eigenvalue weighted by Crippen LogP contribution is -2.30.